The lowest BCUT2D eigenvalue weighted by Gasteiger charge is -2.39. The minimum atomic E-state index is -1.14. The number of methoxy groups -OCH3 is 1. The fourth-order valence-corrected chi connectivity index (χ4v) is 3.97. The molecule has 2 fully saturated rings. The molecule has 11 heteroatoms. The predicted molar refractivity (Wildman–Crippen MR) is 121 cm³/mol. The van der Waals surface area contributed by atoms with Crippen LogP contribution in [0.4, 0.5) is 10.2 Å². The summed E-state index contributed by atoms with van der Waals surface area (Å²) in [5.41, 5.74) is -1.10. The quantitative estimate of drug-likeness (QED) is 0.399. The van der Waals surface area contributed by atoms with Crippen molar-refractivity contribution in [2.45, 2.75) is 51.7 Å². The third-order valence-corrected chi connectivity index (χ3v) is 6.57. The Labute approximate surface area is 199 Å². The van der Waals surface area contributed by atoms with Crippen LogP contribution in [-0.4, -0.2) is 80.4 Å². The lowest BCUT2D eigenvalue weighted by molar-refractivity contribution is -0.151. The van der Waals surface area contributed by atoms with Crippen molar-refractivity contribution in [3.8, 4) is 5.88 Å². The molecule has 1 aromatic rings. The molecular formula is C23H35FN4O6. The summed E-state index contributed by atoms with van der Waals surface area (Å²) in [4.78, 5) is 36.5. The Kier molecular flexibility index (Phi) is 9.01. The van der Waals surface area contributed by atoms with E-state index in [0.717, 1.165) is 6.42 Å². The lowest BCUT2D eigenvalue weighted by Crippen LogP contribution is -2.54. The molecule has 34 heavy (non-hydrogen) atoms. The highest BCUT2D eigenvalue weighted by Gasteiger charge is 2.40. The highest BCUT2D eigenvalue weighted by molar-refractivity contribution is 5.96. The van der Waals surface area contributed by atoms with Gasteiger partial charge in [-0.3, -0.25) is 4.79 Å². The van der Waals surface area contributed by atoms with E-state index >= 15 is 0 Å². The Bertz CT molecular complexity index is 847. The molecule has 1 saturated carbocycles. The zero-order chi connectivity index (χ0) is 24.7. The SMILES string of the molecule is CCOC(=O)C(CC)(CC)NC(=O)c1cnc(N2CC(OC)C2)c(OC[C@@H]2C[C@@H]2COCF)n1. The number of hydrogen-bond donors (Lipinski definition) is 1. The van der Waals surface area contributed by atoms with E-state index in [1.807, 2.05) is 18.7 Å². The van der Waals surface area contributed by atoms with Gasteiger partial charge >= 0.3 is 5.97 Å². The molecule has 1 N–H and O–H groups in total. The van der Waals surface area contributed by atoms with Crippen molar-refractivity contribution in [2.24, 2.45) is 11.8 Å². The summed E-state index contributed by atoms with van der Waals surface area (Å²) in [5.74, 6) is 0.257. The van der Waals surface area contributed by atoms with Crippen LogP contribution < -0.4 is 15.0 Å². The molecule has 0 radical (unpaired) electrons. The number of rotatable bonds is 14. The number of amides is 1. The molecule has 2 aliphatic rings. The van der Waals surface area contributed by atoms with E-state index < -0.39 is 24.3 Å². The van der Waals surface area contributed by atoms with Crippen LogP contribution in [0.2, 0.25) is 0 Å². The van der Waals surface area contributed by atoms with Gasteiger partial charge in [0.1, 0.15) is 5.54 Å². The summed E-state index contributed by atoms with van der Waals surface area (Å²) < 4.78 is 33.6. The highest BCUT2D eigenvalue weighted by atomic mass is 19.1. The average molecular weight is 483 g/mol. The van der Waals surface area contributed by atoms with Gasteiger partial charge in [-0.2, -0.15) is 0 Å². The minimum Gasteiger partial charge on any atom is -0.475 e. The largest absolute Gasteiger partial charge is 0.475 e. The smallest absolute Gasteiger partial charge is 0.331 e. The zero-order valence-corrected chi connectivity index (χ0v) is 20.3. The molecule has 190 valence electrons. The van der Waals surface area contributed by atoms with Gasteiger partial charge in [-0.15, -0.1) is 0 Å². The Hall–Kier alpha value is -2.53. The Balaban J connectivity index is 1.75. The molecule has 2 atom stereocenters. The summed E-state index contributed by atoms with van der Waals surface area (Å²) in [5, 5.41) is 2.80. The fourth-order valence-electron chi connectivity index (χ4n) is 3.97. The van der Waals surface area contributed by atoms with Gasteiger partial charge in [0, 0.05) is 20.2 Å². The number of aromatic nitrogens is 2. The molecule has 1 amide bonds. The molecule has 10 nitrogen and oxygen atoms in total. The van der Waals surface area contributed by atoms with Gasteiger partial charge in [0.05, 0.1) is 32.1 Å². The average Bonchev–Trinajstić information content (AvgIpc) is 3.58. The number of hydrogen-bond acceptors (Lipinski definition) is 9. The van der Waals surface area contributed by atoms with E-state index in [-0.39, 0.29) is 36.1 Å². The van der Waals surface area contributed by atoms with Gasteiger partial charge in [0.15, 0.2) is 18.4 Å². The van der Waals surface area contributed by atoms with Crippen LogP contribution in [0.15, 0.2) is 6.20 Å². The molecule has 1 aliphatic heterocycles. The Morgan fingerprint density at radius 3 is 2.53 bits per heavy atom. The van der Waals surface area contributed by atoms with Gasteiger partial charge < -0.3 is 29.2 Å². The molecule has 0 spiro atoms. The number of nitrogens with one attached hydrogen (secondary N) is 1. The highest BCUT2D eigenvalue weighted by Crippen LogP contribution is 2.39. The maximum Gasteiger partial charge on any atom is 0.331 e. The molecule has 1 aliphatic carbocycles. The lowest BCUT2D eigenvalue weighted by atomic mass is 9.92. The van der Waals surface area contributed by atoms with E-state index in [0.29, 0.717) is 45.0 Å². The van der Waals surface area contributed by atoms with E-state index in [1.165, 1.54) is 6.20 Å². The maximum absolute atomic E-state index is 13.1. The number of esters is 1. The number of anilines is 1. The van der Waals surface area contributed by atoms with Crippen LogP contribution in [0, 0.1) is 11.8 Å². The van der Waals surface area contributed by atoms with Crippen molar-refractivity contribution in [3.63, 3.8) is 0 Å². The first-order chi connectivity index (χ1) is 16.4. The van der Waals surface area contributed by atoms with E-state index in [4.69, 9.17) is 18.9 Å². The van der Waals surface area contributed by atoms with Crippen molar-refractivity contribution in [2.75, 3.05) is 51.8 Å². The first-order valence-electron chi connectivity index (χ1n) is 11.8. The van der Waals surface area contributed by atoms with Crippen LogP contribution in [0.1, 0.15) is 50.5 Å². The Morgan fingerprint density at radius 2 is 1.91 bits per heavy atom. The maximum atomic E-state index is 13.1. The number of carbonyl (C=O) groups is 2. The number of halogens is 1. The van der Waals surface area contributed by atoms with Crippen molar-refractivity contribution in [1.82, 2.24) is 15.3 Å². The summed E-state index contributed by atoms with van der Waals surface area (Å²) in [6.45, 7) is 6.79. The van der Waals surface area contributed by atoms with Gasteiger partial charge in [-0.1, -0.05) is 13.8 Å². The second kappa shape index (κ2) is 11.7. The van der Waals surface area contributed by atoms with Crippen LogP contribution in [0.3, 0.4) is 0 Å². The molecule has 2 heterocycles. The van der Waals surface area contributed by atoms with Gasteiger partial charge in [-0.05, 0) is 38.0 Å². The molecule has 0 unspecified atom stereocenters. The van der Waals surface area contributed by atoms with Gasteiger partial charge in [0.2, 0.25) is 0 Å². The van der Waals surface area contributed by atoms with Crippen molar-refractivity contribution < 1.29 is 32.9 Å². The topological polar surface area (TPSA) is 112 Å². The molecule has 1 saturated heterocycles. The van der Waals surface area contributed by atoms with Crippen molar-refractivity contribution in [1.29, 1.82) is 0 Å². The van der Waals surface area contributed by atoms with Crippen LogP contribution in [0.5, 0.6) is 5.88 Å². The first-order valence-corrected chi connectivity index (χ1v) is 11.8. The van der Waals surface area contributed by atoms with E-state index in [2.05, 4.69) is 15.3 Å². The molecule has 3 rings (SSSR count). The third-order valence-electron chi connectivity index (χ3n) is 6.57. The molecule has 0 bridgehead atoms. The predicted octanol–water partition coefficient (Wildman–Crippen LogP) is 2.12. The van der Waals surface area contributed by atoms with Gasteiger partial charge in [-0.25, -0.2) is 19.2 Å². The third kappa shape index (κ3) is 5.93. The van der Waals surface area contributed by atoms with E-state index in [9.17, 15) is 14.0 Å². The minimum absolute atomic E-state index is 0.0475. The summed E-state index contributed by atoms with van der Waals surface area (Å²) in [6.07, 6.45) is 3.11. The van der Waals surface area contributed by atoms with E-state index in [1.54, 1.807) is 14.0 Å². The van der Waals surface area contributed by atoms with Crippen molar-refractivity contribution in [3.05, 3.63) is 11.9 Å². The number of carbonyl (C=O) groups excluding carboxylic acids is 2. The standard InChI is InChI=1S/C23H35FN4O6/c1-5-23(6-2,22(30)33-7-3)27-20(29)18-9-25-19(28-10-17(11-28)31-4)21(26-18)34-13-16-8-15(16)12-32-14-24/h9,15-17H,5-8,10-14H2,1-4H3,(H,27,29)/t15-,16+/m1/s1. The van der Waals surface area contributed by atoms with Crippen LogP contribution in [0.25, 0.3) is 0 Å². The van der Waals surface area contributed by atoms with Crippen LogP contribution in [-0.2, 0) is 19.0 Å². The summed E-state index contributed by atoms with van der Waals surface area (Å²) in [6, 6.07) is 0. The van der Waals surface area contributed by atoms with Crippen molar-refractivity contribution >= 4 is 17.7 Å². The fraction of sp³-hybridized carbons (Fsp3) is 0.739. The normalized spacial score (nSPS) is 20.0. The molecule has 1 aromatic heterocycles. The summed E-state index contributed by atoms with van der Waals surface area (Å²) in [7, 11) is 1.66. The first kappa shape index (κ1) is 26.1. The number of nitrogens with zero attached hydrogens (tertiary/aromatic N) is 3. The second-order valence-electron chi connectivity index (χ2n) is 8.66. The molecule has 0 aromatic carbocycles. The second-order valence-corrected chi connectivity index (χ2v) is 8.66. The number of alkyl halides is 1. The number of ether oxygens (including phenoxy) is 4. The summed E-state index contributed by atoms with van der Waals surface area (Å²) >= 11 is 0. The molecular weight excluding hydrogens is 447 g/mol. The van der Waals surface area contributed by atoms with Crippen LogP contribution >= 0.6 is 0 Å². The monoisotopic (exact) mass is 482 g/mol. The zero-order valence-electron chi connectivity index (χ0n) is 20.3. The van der Waals surface area contributed by atoms with Gasteiger partial charge in [0.25, 0.3) is 11.8 Å². The Morgan fingerprint density at radius 1 is 1.21 bits per heavy atom.